The highest BCUT2D eigenvalue weighted by atomic mass is 127. The van der Waals surface area contributed by atoms with E-state index in [1.807, 2.05) is 41.2 Å². The Morgan fingerprint density at radius 2 is 1.82 bits per heavy atom. The van der Waals surface area contributed by atoms with Crippen LogP contribution in [-0.4, -0.2) is 60.6 Å². The van der Waals surface area contributed by atoms with Gasteiger partial charge >= 0.3 is 0 Å². The number of fused-ring (bicyclic) bond motifs is 9. The summed E-state index contributed by atoms with van der Waals surface area (Å²) >= 11 is 1.87. The molecule has 0 radical (unpaired) electrons. The summed E-state index contributed by atoms with van der Waals surface area (Å²) in [5.74, 6) is 1.84. The number of rotatable bonds is 3. The number of hydrogen-bond acceptors (Lipinski definition) is 7. The summed E-state index contributed by atoms with van der Waals surface area (Å²) in [7, 11) is 2.30. The Morgan fingerprint density at radius 1 is 1.11 bits per heavy atom. The van der Waals surface area contributed by atoms with Crippen LogP contribution in [-0.2, 0) is 6.54 Å². The molecular weight excluding hydrogens is 469 g/mol. The Morgan fingerprint density at radius 3 is 2.54 bits per heavy atom. The molecule has 0 amide bonds. The molecule has 4 bridgehead atoms. The largest absolute Gasteiger partial charge is 0.425 e. The lowest BCUT2D eigenvalue weighted by atomic mass is 10.0. The Hall–Kier alpha value is -1.72. The van der Waals surface area contributed by atoms with Gasteiger partial charge in [0.1, 0.15) is 5.52 Å². The van der Waals surface area contributed by atoms with Gasteiger partial charge in [-0.3, -0.25) is 9.80 Å². The van der Waals surface area contributed by atoms with Crippen LogP contribution in [0.1, 0.15) is 31.5 Å². The summed E-state index contributed by atoms with van der Waals surface area (Å²) in [6.07, 6.45) is 5.20. The van der Waals surface area contributed by atoms with E-state index < -0.39 is 0 Å². The molecule has 0 aliphatic carbocycles. The van der Waals surface area contributed by atoms with Crippen LogP contribution in [0.3, 0.4) is 0 Å². The monoisotopic (exact) mass is 491 g/mol. The highest BCUT2D eigenvalue weighted by molar-refractivity contribution is 14.1. The summed E-state index contributed by atoms with van der Waals surface area (Å²) in [6.45, 7) is 0.779. The number of aromatic nitrogens is 4. The van der Waals surface area contributed by atoms with Gasteiger partial charge in [0.15, 0.2) is 40.2 Å². The zero-order chi connectivity index (χ0) is 19.0. The molecule has 3 saturated heterocycles. The van der Waals surface area contributed by atoms with Gasteiger partial charge in [0.05, 0.1) is 6.54 Å². The number of halogens is 1. The summed E-state index contributed by atoms with van der Waals surface area (Å²) in [5, 5.41) is 5.62. The van der Waals surface area contributed by atoms with Gasteiger partial charge in [0.2, 0.25) is 5.95 Å². The van der Waals surface area contributed by atoms with E-state index in [1.54, 1.807) is 4.52 Å². The van der Waals surface area contributed by atoms with Gasteiger partial charge in [-0.1, -0.05) is 6.07 Å². The van der Waals surface area contributed by atoms with Gasteiger partial charge in [-0.05, 0) is 44.9 Å². The van der Waals surface area contributed by atoms with Gasteiger partial charge in [-0.15, -0.1) is 5.10 Å². The van der Waals surface area contributed by atoms with Gasteiger partial charge in [-0.2, -0.15) is 4.52 Å². The van der Waals surface area contributed by atoms with Gasteiger partial charge < -0.3 is 8.80 Å². The summed E-state index contributed by atoms with van der Waals surface area (Å²) in [5.41, 5.74) is 7.67. The molecule has 4 atom stereocenters. The third-order valence-corrected chi connectivity index (χ3v) is 7.52. The number of para-hydroxylation sites is 1. The normalized spacial score (nSPS) is 29.9. The Balaban J connectivity index is 1.41. The van der Waals surface area contributed by atoms with Crippen molar-refractivity contribution in [1.82, 2.24) is 29.4 Å². The molecule has 3 aliphatic heterocycles. The maximum Gasteiger partial charge on any atom is 0.223 e. The predicted octanol–water partition coefficient (Wildman–Crippen LogP) is 2.40. The number of nitrogens with two attached hydrogens (primary N) is 1. The lowest BCUT2D eigenvalue weighted by Crippen LogP contribution is -2.58. The fourth-order valence-corrected chi connectivity index (χ4v) is 6.22. The molecule has 8 nitrogen and oxygen atoms in total. The highest BCUT2D eigenvalue weighted by Crippen LogP contribution is 2.45. The van der Waals surface area contributed by atoms with E-state index in [0.29, 0.717) is 35.9 Å². The number of nitrogen functional groups attached to an aromatic ring is 1. The van der Waals surface area contributed by atoms with E-state index in [0.717, 1.165) is 28.9 Å². The first-order valence-electron chi connectivity index (χ1n) is 9.86. The molecule has 3 aromatic rings. The fraction of sp³-hybridized carbons (Fsp3) is 0.526. The average molecular weight is 491 g/mol. The minimum absolute atomic E-state index is 0.337. The zero-order valence-corrected chi connectivity index (χ0v) is 17.8. The summed E-state index contributed by atoms with van der Waals surface area (Å²) in [4.78, 5) is 14.7. The van der Waals surface area contributed by atoms with E-state index in [-0.39, 0.29) is 0 Å². The average Bonchev–Trinajstić information content (AvgIpc) is 3.32. The highest BCUT2D eigenvalue weighted by Gasteiger charge is 2.53. The van der Waals surface area contributed by atoms with Crippen molar-refractivity contribution in [3.8, 4) is 5.75 Å². The van der Waals surface area contributed by atoms with Crippen molar-refractivity contribution >= 4 is 45.5 Å². The van der Waals surface area contributed by atoms with Crippen LogP contribution < -0.4 is 8.80 Å². The van der Waals surface area contributed by atoms with E-state index in [4.69, 9.17) is 18.9 Å². The van der Waals surface area contributed by atoms with Crippen LogP contribution >= 0.6 is 23.0 Å². The molecule has 9 heteroatoms. The van der Waals surface area contributed by atoms with Crippen molar-refractivity contribution in [3.63, 3.8) is 0 Å². The second-order valence-corrected chi connectivity index (χ2v) is 8.67. The molecule has 5 heterocycles. The van der Waals surface area contributed by atoms with Crippen LogP contribution in [0.4, 0.5) is 5.95 Å². The van der Waals surface area contributed by atoms with Crippen molar-refractivity contribution in [2.24, 2.45) is 0 Å². The molecular formula is C19H22IN7O. The quantitative estimate of drug-likeness (QED) is 0.564. The Bertz CT molecular complexity index is 1070. The van der Waals surface area contributed by atoms with Crippen LogP contribution in [0.15, 0.2) is 18.2 Å². The molecule has 2 N–H and O–H groups in total. The molecule has 4 unspecified atom stereocenters. The van der Waals surface area contributed by atoms with Crippen LogP contribution in [0.2, 0.25) is 0 Å². The lowest BCUT2D eigenvalue weighted by molar-refractivity contribution is 0.0175. The van der Waals surface area contributed by atoms with E-state index in [2.05, 4.69) is 21.8 Å². The molecule has 3 fully saturated rings. The standard InChI is InChI=1S/C19H22IN7O/c1-25-11-5-6-12(25)14-8-7-13(11)26(14)9-16-22-18-10-3-2-4-15(28-20)17(10)23-19(21)27(18)24-16/h2-4,11-14H,5-9H2,1H3,(H2,21,23). The van der Waals surface area contributed by atoms with E-state index >= 15 is 0 Å². The van der Waals surface area contributed by atoms with E-state index in [1.165, 1.54) is 25.7 Å². The molecule has 146 valence electrons. The Labute approximate surface area is 176 Å². The minimum atomic E-state index is 0.337. The molecule has 6 rings (SSSR count). The summed E-state index contributed by atoms with van der Waals surface area (Å²) in [6, 6.07) is 8.41. The number of likely N-dealkylation sites (N-methyl/N-ethyl adjacent to an activating group) is 1. The van der Waals surface area contributed by atoms with E-state index in [9.17, 15) is 0 Å². The SMILES string of the molecule is CN1C2CCC1C1CCC2N1Cc1nc2c3cccc(OI)c3nc(N)n2n1. The molecule has 3 aliphatic rings. The number of piperazine rings is 1. The van der Waals surface area contributed by atoms with Crippen molar-refractivity contribution in [2.75, 3.05) is 12.8 Å². The number of anilines is 1. The van der Waals surface area contributed by atoms with Crippen molar-refractivity contribution in [3.05, 3.63) is 24.0 Å². The zero-order valence-electron chi connectivity index (χ0n) is 15.6. The molecule has 28 heavy (non-hydrogen) atoms. The van der Waals surface area contributed by atoms with Crippen LogP contribution in [0, 0.1) is 0 Å². The molecule has 2 aromatic heterocycles. The topological polar surface area (TPSA) is 84.8 Å². The second-order valence-electron chi connectivity index (χ2n) is 8.22. The number of benzene rings is 1. The third kappa shape index (κ3) is 2.26. The van der Waals surface area contributed by atoms with Crippen LogP contribution in [0.5, 0.6) is 5.75 Å². The van der Waals surface area contributed by atoms with Crippen LogP contribution in [0.25, 0.3) is 16.6 Å². The smallest absolute Gasteiger partial charge is 0.223 e. The van der Waals surface area contributed by atoms with Crippen molar-refractivity contribution in [2.45, 2.75) is 56.4 Å². The van der Waals surface area contributed by atoms with Crippen molar-refractivity contribution < 1.29 is 3.07 Å². The molecule has 1 aromatic carbocycles. The minimum Gasteiger partial charge on any atom is -0.425 e. The summed E-state index contributed by atoms with van der Waals surface area (Å²) < 4.78 is 7.09. The fourth-order valence-electron chi connectivity index (χ4n) is 5.86. The van der Waals surface area contributed by atoms with Crippen molar-refractivity contribution in [1.29, 1.82) is 0 Å². The maximum absolute atomic E-state index is 6.20. The maximum atomic E-state index is 6.20. The predicted molar refractivity (Wildman–Crippen MR) is 114 cm³/mol. The molecule has 0 saturated carbocycles. The first-order chi connectivity index (χ1) is 13.7. The number of nitrogens with zero attached hydrogens (tertiary/aromatic N) is 6. The second kappa shape index (κ2) is 6.14. The lowest BCUT2D eigenvalue weighted by Gasteiger charge is -2.44. The third-order valence-electron chi connectivity index (χ3n) is 7.04. The first-order valence-corrected chi connectivity index (χ1v) is 10.7. The molecule has 0 spiro atoms. The first kappa shape index (κ1) is 17.2. The number of hydrogen-bond donors (Lipinski definition) is 1. The van der Waals surface area contributed by atoms with Gasteiger partial charge in [0, 0.05) is 29.6 Å². The van der Waals surface area contributed by atoms with Gasteiger partial charge in [-0.25, -0.2) is 9.97 Å². The van der Waals surface area contributed by atoms with Gasteiger partial charge in [0.25, 0.3) is 0 Å². The Kier molecular flexibility index (Phi) is 3.76.